The van der Waals surface area contributed by atoms with Gasteiger partial charge in [0.05, 0.1) is 13.1 Å². The van der Waals surface area contributed by atoms with Crippen molar-refractivity contribution in [3.63, 3.8) is 0 Å². The van der Waals surface area contributed by atoms with Gasteiger partial charge in [-0.1, -0.05) is 31.0 Å². The number of carbonyl (C=O) groups is 2. The van der Waals surface area contributed by atoms with Crippen LogP contribution >= 0.6 is 0 Å². The van der Waals surface area contributed by atoms with Gasteiger partial charge in [0.15, 0.2) is 0 Å². The second-order valence-corrected chi connectivity index (χ2v) is 8.54. The second kappa shape index (κ2) is 10.7. The van der Waals surface area contributed by atoms with Crippen molar-refractivity contribution in [2.24, 2.45) is 0 Å². The van der Waals surface area contributed by atoms with Gasteiger partial charge in [-0.05, 0) is 38.8 Å². The van der Waals surface area contributed by atoms with Crippen LogP contribution < -0.4 is 4.90 Å². The number of piperazine rings is 1. The van der Waals surface area contributed by atoms with Crippen LogP contribution in [0.3, 0.4) is 0 Å². The number of hydrogen-bond donors (Lipinski definition) is 0. The molecule has 6 heteroatoms. The Kier molecular flexibility index (Phi) is 8.07. The quantitative estimate of drug-likeness (QED) is 0.736. The molecule has 0 aromatic heterocycles. The highest BCUT2D eigenvalue weighted by Crippen LogP contribution is 2.17. The van der Waals surface area contributed by atoms with Crippen molar-refractivity contribution < 1.29 is 9.59 Å². The van der Waals surface area contributed by atoms with E-state index >= 15 is 0 Å². The molecule has 160 valence electrons. The Hall–Kier alpha value is -1.92. The topological polar surface area (TPSA) is 47.1 Å². The summed E-state index contributed by atoms with van der Waals surface area (Å²) in [4.78, 5) is 34.0. The normalized spacial score (nSPS) is 19.2. The molecule has 0 radical (unpaired) electrons. The first-order valence-electron chi connectivity index (χ1n) is 11.1. The van der Waals surface area contributed by atoms with Crippen LogP contribution in [-0.2, 0) is 9.59 Å². The lowest BCUT2D eigenvalue weighted by molar-refractivity contribution is -0.133. The number of anilines is 1. The SMILES string of the molecule is CC(C)N(C(=O)CN1CCN(CC(=O)N2CCCCCC2)CC1)c1ccccc1. The number of carbonyl (C=O) groups excluding carboxylic acids is 2. The Morgan fingerprint density at radius 3 is 1.93 bits per heavy atom. The van der Waals surface area contributed by atoms with E-state index < -0.39 is 0 Å². The average Bonchev–Trinajstić information content (AvgIpc) is 3.00. The Bertz CT molecular complexity index is 648. The first-order valence-corrected chi connectivity index (χ1v) is 11.1. The average molecular weight is 401 g/mol. The maximum Gasteiger partial charge on any atom is 0.241 e. The van der Waals surface area contributed by atoms with E-state index in [1.165, 1.54) is 12.8 Å². The maximum atomic E-state index is 13.0. The first kappa shape index (κ1) is 21.8. The molecule has 29 heavy (non-hydrogen) atoms. The summed E-state index contributed by atoms with van der Waals surface area (Å²) in [6.45, 7) is 10.2. The summed E-state index contributed by atoms with van der Waals surface area (Å²) in [6.07, 6.45) is 4.75. The van der Waals surface area contributed by atoms with Crippen LogP contribution in [0.25, 0.3) is 0 Å². The van der Waals surface area contributed by atoms with Crippen LogP contribution in [0.1, 0.15) is 39.5 Å². The molecule has 2 saturated heterocycles. The molecular weight excluding hydrogens is 364 g/mol. The summed E-state index contributed by atoms with van der Waals surface area (Å²) < 4.78 is 0. The molecule has 6 nitrogen and oxygen atoms in total. The molecule has 2 amide bonds. The second-order valence-electron chi connectivity index (χ2n) is 8.54. The molecule has 3 rings (SSSR count). The summed E-state index contributed by atoms with van der Waals surface area (Å²) in [6, 6.07) is 10.0. The first-order chi connectivity index (χ1) is 14.0. The molecular formula is C23H36N4O2. The number of likely N-dealkylation sites (tertiary alicyclic amines) is 1. The van der Waals surface area contributed by atoms with Gasteiger partial charge in [0.25, 0.3) is 0 Å². The van der Waals surface area contributed by atoms with E-state index in [1.54, 1.807) is 0 Å². The molecule has 0 spiro atoms. The molecule has 2 aliphatic heterocycles. The van der Waals surface area contributed by atoms with E-state index in [-0.39, 0.29) is 17.9 Å². The molecule has 0 atom stereocenters. The molecule has 0 unspecified atom stereocenters. The highest BCUT2D eigenvalue weighted by molar-refractivity contribution is 5.95. The van der Waals surface area contributed by atoms with Gasteiger partial charge < -0.3 is 9.80 Å². The van der Waals surface area contributed by atoms with Crippen molar-refractivity contribution in [3.05, 3.63) is 30.3 Å². The van der Waals surface area contributed by atoms with Gasteiger partial charge in [0, 0.05) is 51.0 Å². The highest BCUT2D eigenvalue weighted by atomic mass is 16.2. The van der Waals surface area contributed by atoms with Gasteiger partial charge in [-0.2, -0.15) is 0 Å². The van der Waals surface area contributed by atoms with Crippen LogP contribution in [0.5, 0.6) is 0 Å². The Morgan fingerprint density at radius 1 is 0.828 bits per heavy atom. The molecule has 0 aliphatic carbocycles. The number of rotatable bonds is 6. The van der Waals surface area contributed by atoms with E-state index in [0.717, 1.165) is 57.8 Å². The highest BCUT2D eigenvalue weighted by Gasteiger charge is 2.26. The largest absolute Gasteiger partial charge is 0.342 e. The van der Waals surface area contributed by atoms with E-state index in [4.69, 9.17) is 0 Å². The van der Waals surface area contributed by atoms with Crippen molar-refractivity contribution in [3.8, 4) is 0 Å². The smallest absolute Gasteiger partial charge is 0.241 e. The minimum Gasteiger partial charge on any atom is -0.342 e. The molecule has 0 bridgehead atoms. The minimum absolute atomic E-state index is 0.123. The van der Waals surface area contributed by atoms with E-state index in [1.807, 2.05) is 40.1 Å². The molecule has 0 saturated carbocycles. The zero-order chi connectivity index (χ0) is 20.6. The number of amides is 2. The zero-order valence-corrected chi connectivity index (χ0v) is 18.1. The number of para-hydroxylation sites is 1. The number of nitrogens with zero attached hydrogens (tertiary/aromatic N) is 4. The molecule has 1 aromatic rings. The third-order valence-corrected chi connectivity index (χ3v) is 5.96. The summed E-state index contributed by atoms with van der Waals surface area (Å²) in [5.74, 6) is 0.409. The lowest BCUT2D eigenvalue weighted by Gasteiger charge is -2.36. The Labute approximate surface area is 175 Å². The van der Waals surface area contributed by atoms with Crippen molar-refractivity contribution in [2.75, 3.05) is 57.3 Å². The molecule has 1 aromatic carbocycles. The van der Waals surface area contributed by atoms with E-state index in [0.29, 0.717) is 13.1 Å². The monoisotopic (exact) mass is 400 g/mol. The van der Waals surface area contributed by atoms with Crippen LogP contribution in [0.15, 0.2) is 30.3 Å². The maximum absolute atomic E-state index is 13.0. The zero-order valence-electron chi connectivity index (χ0n) is 18.1. The van der Waals surface area contributed by atoms with Gasteiger partial charge in [-0.3, -0.25) is 19.4 Å². The standard InChI is InChI=1S/C23H36N4O2/c1-20(2)27(21-10-6-5-7-11-21)23(29)19-25-16-14-24(15-17-25)18-22(28)26-12-8-3-4-9-13-26/h5-7,10-11,20H,3-4,8-9,12-19H2,1-2H3. The fraction of sp³-hybridized carbons (Fsp3) is 0.652. The summed E-state index contributed by atoms with van der Waals surface area (Å²) >= 11 is 0. The van der Waals surface area contributed by atoms with E-state index in [9.17, 15) is 9.59 Å². The lowest BCUT2D eigenvalue weighted by Crippen LogP contribution is -2.53. The molecule has 2 aliphatic rings. The Balaban J connectivity index is 1.46. The van der Waals surface area contributed by atoms with Crippen LogP contribution in [0, 0.1) is 0 Å². The van der Waals surface area contributed by atoms with E-state index in [2.05, 4.69) is 23.6 Å². The van der Waals surface area contributed by atoms with Gasteiger partial charge in [-0.15, -0.1) is 0 Å². The predicted octanol–water partition coefficient (Wildman–Crippen LogP) is 2.45. The van der Waals surface area contributed by atoms with Gasteiger partial charge in [0.2, 0.25) is 11.8 Å². The van der Waals surface area contributed by atoms with Gasteiger partial charge in [0.1, 0.15) is 0 Å². The van der Waals surface area contributed by atoms with Gasteiger partial charge >= 0.3 is 0 Å². The summed E-state index contributed by atoms with van der Waals surface area (Å²) in [5, 5.41) is 0. The van der Waals surface area contributed by atoms with Crippen LogP contribution in [0.2, 0.25) is 0 Å². The summed E-state index contributed by atoms with van der Waals surface area (Å²) in [7, 11) is 0. The van der Waals surface area contributed by atoms with Gasteiger partial charge in [-0.25, -0.2) is 0 Å². The lowest BCUT2D eigenvalue weighted by atomic mass is 10.2. The van der Waals surface area contributed by atoms with Crippen molar-refractivity contribution in [1.29, 1.82) is 0 Å². The third-order valence-electron chi connectivity index (χ3n) is 5.96. The summed E-state index contributed by atoms with van der Waals surface area (Å²) in [5.41, 5.74) is 0.953. The minimum atomic E-state index is 0.123. The third kappa shape index (κ3) is 6.28. The van der Waals surface area contributed by atoms with Crippen LogP contribution in [-0.4, -0.2) is 84.9 Å². The molecule has 0 N–H and O–H groups in total. The number of hydrogen-bond acceptors (Lipinski definition) is 4. The number of benzene rings is 1. The fourth-order valence-corrected chi connectivity index (χ4v) is 4.30. The Morgan fingerprint density at radius 2 is 1.38 bits per heavy atom. The van der Waals surface area contributed by atoms with Crippen molar-refractivity contribution in [1.82, 2.24) is 14.7 Å². The fourth-order valence-electron chi connectivity index (χ4n) is 4.30. The van der Waals surface area contributed by atoms with Crippen molar-refractivity contribution >= 4 is 17.5 Å². The van der Waals surface area contributed by atoms with Crippen molar-refractivity contribution in [2.45, 2.75) is 45.6 Å². The molecule has 2 fully saturated rings. The molecule has 2 heterocycles. The predicted molar refractivity (Wildman–Crippen MR) is 117 cm³/mol. The van der Waals surface area contributed by atoms with Crippen LogP contribution in [0.4, 0.5) is 5.69 Å².